The second-order valence-electron chi connectivity index (χ2n) is 7.79. The average molecular weight is 399 g/mol. The van der Waals surface area contributed by atoms with Gasteiger partial charge in [0.1, 0.15) is 12.3 Å². The Morgan fingerprint density at radius 1 is 1.03 bits per heavy atom. The van der Waals surface area contributed by atoms with Crippen LogP contribution in [0.1, 0.15) is 33.3 Å². The predicted octanol–water partition coefficient (Wildman–Crippen LogP) is 4.99. The number of halogens is 1. The molecule has 0 saturated carbocycles. The van der Waals surface area contributed by atoms with Crippen LogP contribution in [0.25, 0.3) is 5.57 Å². The molecule has 8 heteroatoms. The lowest BCUT2D eigenvalue weighted by Crippen LogP contribution is -2.41. The number of nitro groups is 1. The summed E-state index contributed by atoms with van der Waals surface area (Å²) in [4.78, 5) is 10.7. The summed E-state index contributed by atoms with van der Waals surface area (Å²) in [6.07, 6.45) is 0. The molecule has 0 aromatic heterocycles. The first-order valence-electron chi connectivity index (χ1n) is 9.28. The SMILES string of the molecule is CC1(C)OB(C(F)=C(COc2ccccc2[N+](=O)[O-])c2ccccc2)OC1(C)C. The summed E-state index contributed by atoms with van der Waals surface area (Å²) in [6.45, 7) is 7.14. The van der Waals surface area contributed by atoms with Crippen LogP contribution in [0.2, 0.25) is 0 Å². The molecule has 2 aromatic rings. The van der Waals surface area contributed by atoms with Crippen LogP contribution >= 0.6 is 0 Å². The summed E-state index contributed by atoms with van der Waals surface area (Å²) >= 11 is 0. The van der Waals surface area contributed by atoms with Crippen LogP contribution in [-0.2, 0) is 9.31 Å². The molecule has 6 nitrogen and oxygen atoms in total. The molecule has 0 bridgehead atoms. The van der Waals surface area contributed by atoms with Gasteiger partial charge in [-0.25, -0.2) is 4.39 Å². The second-order valence-corrected chi connectivity index (χ2v) is 7.79. The molecular formula is C21H23BFNO5. The Morgan fingerprint density at radius 2 is 1.59 bits per heavy atom. The largest absolute Gasteiger partial charge is 0.525 e. The molecular weight excluding hydrogens is 376 g/mol. The van der Waals surface area contributed by atoms with Crippen LogP contribution in [0.4, 0.5) is 10.1 Å². The zero-order valence-electron chi connectivity index (χ0n) is 16.8. The molecule has 0 atom stereocenters. The zero-order valence-corrected chi connectivity index (χ0v) is 16.8. The molecule has 1 aliphatic rings. The number of para-hydroxylation sites is 2. The van der Waals surface area contributed by atoms with Gasteiger partial charge in [0, 0.05) is 11.6 Å². The van der Waals surface area contributed by atoms with Crippen LogP contribution < -0.4 is 4.74 Å². The lowest BCUT2D eigenvalue weighted by Gasteiger charge is -2.32. The Bertz CT molecular complexity index is 914. The van der Waals surface area contributed by atoms with Gasteiger partial charge in [0.2, 0.25) is 0 Å². The van der Waals surface area contributed by atoms with Crippen LogP contribution in [-0.4, -0.2) is 29.9 Å². The van der Waals surface area contributed by atoms with Crippen LogP contribution in [0, 0.1) is 10.1 Å². The van der Waals surface area contributed by atoms with Crippen molar-refractivity contribution in [2.75, 3.05) is 6.61 Å². The standard InChI is InChI=1S/C21H23BFNO5/c1-20(2)21(3,4)29-22(28-20)19(23)16(15-10-6-5-7-11-15)14-27-18-13-9-8-12-17(18)24(25)26/h5-13H,14H2,1-4H3. The van der Waals surface area contributed by atoms with Gasteiger partial charge in [0.05, 0.1) is 16.1 Å². The first-order chi connectivity index (χ1) is 13.6. The Labute approximate surface area is 169 Å². The summed E-state index contributed by atoms with van der Waals surface area (Å²) in [6, 6.07) is 14.8. The zero-order chi connectivity index (χ0) is 21.2. The van der Waals surface area contributed by atoms with Gasteiger partial charge in [-0.3, -0.25) is 10.1 Å². The third-order valence-corrected chi connectivity index (χ3v) is 5.30. The minimum Gasteiger partial charge on any atom is -0.482 e. The second kappa shape index (κ2) is 7.97. The Balaban J connectivity index is 1.95. The third kappa shape index (κ3) is 4.33. The number of ether oxygens (including phenoxy) is 1. The Kier molecular flexibility index (Phi) is 5.77. The third-order valence-electron chi connectivity index (χ3n) is 5.30. The van der Waals surface area contributed by atoms with Crippen molar-refractivity contribution >= 4 is 18.4 Å². The topological polar surface area (TPSA) is 70.8 Å². The number of rotatable bonds is 6. The van der Waals surface area contributed by atoms with E-state index in [2.05, 4.69) is 0 Å². The smallest absolute Gasteiger partial charge is 0.482 e. The number of nitrogens with zero attached hydrogens (tertiary/aromatic N) is 1. The molecule has 0 spiro atoms. The van der Waals surface area contributed by atoms with Gasteiger partial charge in [-0.15, -0.1) is 0 Å². The van der Waals surface area contributed by atoms with Crippen LogP contribution in [0.5, 0.6) is 5.75 Å². The summed E-state index contributed by atoms with van der Waals surface area (Å²) < 4.78 is 32.8. The number of hydrogen-bond donors (Lipinski definition) is 0. The van der Waals surface area contributed by atoms with Gasteiger partial charge in [0.25, 0.3) is 0 Å². The fourth-order valence-electron chi connectivity index (χ4n) is 2.90. The van der Waals surface area contributed by atoms with Crippen molar-refractivity contribution in [3.8, 4) is 5.75 Å². The van der Waals surface area contributed by atoms with E-state index < -0.39 is 29.0 Å². The van der Waals surface area contributed by atoms with E-state index in [1.165, 1.54) is 12.1 Å². The molecule has 152 valence electrons. The maximum absolute atomic E-state index is 15.5. The monoisotopic (exact) mass is 399 g/mol. The Morgan fingerprint density at radius 3 is 2.17 bits per heavy atom. The van der Waals surface area contributed by atoms with E-state index >= 15 is 4.39 Å². The molecule has 0 aliphatic carbocycles. The molecule has 0 amide bonds. The van der Waals surface area contributed by atoms with Crippen LogP contribution in [0.3, 0.4) is 0 Å². The molecule has 0 unspecified atom stereocenters. The highest BCUT2D eigenvalue weighted by molar-refractivity contribution is 6.55. The van der Waals surface area contributed by atoms with Gasteiger partial charge in [0.15, 0.2) is 5.75 Å². The van der Waals surface area contributed by atoms with E-state index in [9.17, 15) is 10.1 Å². The van der Waals surface area contributed by atoms with E-state index in [0.29, 0.717) is 5.56 Å². The molecule has 3 rings (SSSR count). The van der Waals surface area contributed by atoms with Crippen molar-refractivity contribution in [2.45, 2.75) is 38.9 Å². The maximum atomic E-state index is 15.5. The van der Waals surface area contributed by atoms with Crippen LogP contribution in [0.15, 0.2) is 60.3 Å². The fourth-order valence-corrected chi connectivity index (χ4v) is 2.90. The highest BCUT2D eigenvalue weighted by atomic mass is 19.1. The quantitative estimate of drug-likeness (QED) is 0.389. The van der Waals surface area contributed by atoms with Gasteiger partial charge < -0.3 is 14.0 Å². The summed E-state index contributed by atoms with van der Waals surface area (Å²) in [5.74, 6) is 0.0626. The van der Waals surface area contributed by atoms with Crippen molar-refractivity contribution in [3.63, 3.8) is 0 Å². The molecule has 1 heterocycles. The van der Waals surface area contributed by atoms with Crippen molar-refractivity contribution in [1.29, 1.82) is 0 Å². The van der Waals surface area contributed by atoms with E-state index in [0.717, 1.165) is 0 Å². The molecule has 0 N–H and O–H groups in total. The lowest BCUT2D eigenvalue weighted by molar-refractivity contribution is -0.385. The van der Waals surface area contributed by atoms with Gasteiger partial charge in [-0.05, 0) is 39.3 Å². The first kappa shape index (κ1) is 21.0. The predicted molar refractivity (Wildman–Crippen MR) is 109 cm³/mol. The normalized spacial score (nSPS) is 18.3. The van der Waals surface area contributed by atoms with Crippen molar-refractivity contribution in [1.82, 2.24) is 0 Å². The number of hydrogen-bond acceptors (Lipinski definition) is 5. The van der Waals surface area contributed by atoms with Crippen molar-refractivity contribution in [3.05, 3.63) is 76.0 Å². The molecule has 1 aliphatic heterocycles. The van der Waals surface area contributed by atoms with Gasteiger partial charge in [-0.1, -0.05) is 42.5 Å². The highest BCUT2D eigenvalue weighted by Crippen LogP contribution is 2.40. The fraction of sp³-hybridized carbons (Fsp3) is 0.333. The molecule has 1 fully saturated rings. The average Bonchev–Trinajstić information content (AvgIpc) is 2.90. The van der Waals surface area contributed by atoms with Gasteiger partial charge in [-0.2, -0.15) is 0 Å². The lowest BCUT2D eigenvalue weighted by atomic mass is 9.83. The van der Waals surface area contributed by atoms with Crippen molar-refractivity contribution in [2.24, 2.45) is 0 Å². The minimum absolute atomic E-state index is 0.0626. The Hall–Kier alpha value is -2.71. The molecule has 1 saturated heterocycles. The minimum atomic E-state index is -1.19. The number of benzene rings is 2. The van der Waals surface area contributed by atoms with E-state index in [-0.39, 0.29) is 23.6 Å². The van der Waals surface area contributed by atoms with Crippen molar-refractivity contribution < 1.29 is 23.4 Å². The maximum Gasteiger partial charge on any atom is 0.525 e. The van der Waals surface area contributed by atoms with E-state index in [1.807, 2.05) is 33.8 Å². The first-order valence-corrected chi connectivity index (χ1v) is 9.28. The van der Waals surface area contributed by atoms with E-state index in [4.69, 9.17) is 14.0 Å². The summed E-state index contributed by atoms with van der Waals surface area (Å²) in [5.41, 5.74) is -1.41. The molecule has 29 heavy (non-hydrogen) atoms. The number of nitro benzene ring substituents is 1. The van der Waals surface area contributed by atoms with E-state index in [1.54, 1.807) is 36.4 Å². The molecule has 0 radical (unpaired) electrons. The summed E-state index contributed by atoms with van der Waals surface area (Å²) in [7, 11) is -1.19. The summed E-state index contributed by atoms with van der Waals surface area (Å²) in [5, 5.41) is 11.2. The highest BCUT2D eigenvalue weighted by Gasteiger charge is 2.53. The van der Waals surface area contributed by atoms with Gasteiger partial charge >= 0.3 is 12.8 Å². The molecule has 2 aromatic carbocycles.